The first-order chi connectivity index (χ1) is 9.99. The Balaban J connectivity index is 2.24. The maximum atomic E-state index is 13.9. The molecule has 1 aliphatic carbocycles. The molecule has 1 fully saturated rings. The molecule has 0 saturated heterocycles. The van der Waals surface area contributed by atoms with Crippen molar-refractivity contribution in [2.24, 2.45) is 0 Å². The van der Waals surface area contributed by atoms with E-state index in [9.17, 15) is 18.8 Å². The highest BCUT2D eigenvalue weighted by molar-refractivity contribution is 6.03. The zero-order chi connectivity index (χ0) is 15.1. The number of carbonyl (C=O) groups excluding carboxylic acids is 2. The normalized spacial score (nSPS) is 19.2. The quantitative estimate of drug-likeness (QED) is 0.749. The largest absolute Gasteiger partial charge is 0.299 e. The third-order valence-electron chi connectivity index (χ3n) is 3.81. The summed E-state index contributed by atoms with van der Waals surface area (Å²) < 4.78 is 15.1. The van der Waals surface area contributed by atoms with Crippen LogP contribution in [0.3, 0.4) is 0 Å². The minimum absolute atomic E-state index is 0.118. The van der Waals surface area contributed by atoms with E-state index in [-0.39, 0.29) is 41.7 Å². The van der Waals surface area contributed by atoms with Gasteiger partial charge in [0.1, 0.15) is 22.8 Å². The summed E-state index contributed by atoms with van der Waals surface area (Å²) in [5.41, 5.74) is -0.295. The first-order valence-corrected chi connectivity index (χ1v) is 6.71. The predicted molar refractivity (Wildman–Crippen MR) is 73.6 cm³/mol. The van der Waals surface area contributed by atoms with Gasteiger partial charge in [0.15, 0.2) is 5.78 Å². The Hall–Kier alpha value is -2.37. The molecule has 0 spiro atoms. The second-order valence-corrected chi connectivity index (χ2v) is 5.20. The van der Waals surface area contributed by atoms with Crippen molar-refractivity contribution in [3.05, 3.63) is 40.2 Å². The number of benzene rings is 1. The van der Waals surface area contributed by atoms with Crippen LogP contribution >= 0.6 is 0 Å². The molecule has 1 atom stereocenters. The zero-order valence-corrected chi connectivity index (χ0v) is 11.4. The fourth-order valence-electron chi connectivity index (χ4n) is 2.81. The smallest absolute Gasteiger partial charge is 0.265 e. The first-order valence-electron chi connectivity index (χ1n) is 6.71. The van der Waals surface area contributed by atoms with Crippen LogP contribution in [-0.4, -0.2) is 21.1 Å². The van der Waals surface area contributed by atoms with E-state index in [4.69, 9.17) is 0 Å². The maximum Gasteiger partial charge on any atom is 0.265 e. The monoisotopic (exact) mass is 288 g/mol. The van der Waals surface area contributed by atoms with Crippen molar-refractivity contribution in [2.45, 2.75) is 32.2 Å². The SMILES string of the molecule is Cc1nc2cccc(F)c2c(=O)n1C1CCC(=O)CC1=O. The molecule has 2 aromatic rings. The lowest BCUT2D eigenvalue weighted by atomic mass is 9.92. The van der Waals surface area contributed by atoms with Gasteiger partial charge in [0, 0.05) is 6.42 Å². The highest BCUT2D eigenvalue weighted by atomic mass is 19.1. The topological polar surface area (TPSA) is 69.0 Å². The number of aromatic nitrogens is 2. The molecule has 0 N–H and O–H groups in total. The van der Waals surface area contributed by atoms with E-state index in [1.54, 1.807) is 13.0 Å². The third kappa shape index (κ3) is 2.16. The van der Waals surface area contributed by atoms with Gasteiger partial charge in [-0.2, -0.15) is 0 Å². The summed E-state index contributed by atoms with van der Waals surface area (Å²) in [6.07, 6.45) is 0.337. The highest BCUT2D eigenvalue weighted by Crippen LogP contribution is 2.24. The molecule has 1 aromatic heterocycles. The van der Waals surface area contributed by atoms with Gasteiger partial charge in [0.2, 0.25) is 0 Å². The molecular weight excluding hydrogens is 275 g/mol. The molecule has 1 saturated carbocycles. The van der Waals surface area contributed by atoms with Crippen LogP contribution in [0.25, 0.3) is 10.9 Å². The van der Waals surface area contributed by atoms with E-state index in [0.29, 0.717) is 5.82 Å². The van der Waals surface area contributed by atoms with E-state index in [2.05, 4.69) is 4.98 Å². The summed E-state index contributed by atoms with van der Waals surface area (Å²) in [4.78, 5) is 40.1. The second-order valence-electron chi connectivity index (χ2n) is 5.20. The molecular formula is C15H13FN2O3. The van der Waals surface area contributed by atoms with Crippen LogP contribution in [0, 0.1) is 12.7 Å². The number of aryl methyl sites for hydroxylation is 1. The fraction of sp³-hybridized carbons (Fsp3) is 0.333. The van der Waals surface area contributed by atoms with Crippen molar-refractivity contribution in [3.63, 3.8) is 0 Å². The van der Waals surface area contributed by atoms with Crippen LogP contribution < -0.4 is 5.56 Å². The lowest BCUT2D eigenvalue weighted by molar-refractivity contribution is -0.132. The lowest BCUT2D eigenvalue weighted by Crippen LogP contribution is -2.36. The van der Waals surface area contributed by atoms with E-state index in [1.807, 2.05) is 0 Å². The maximum absolute atomic E-state index is 13.9. The Kier molecular flexibility index (Phi) is 3.16. The summed E-state index contributed by atoms with van der Waals surface area (Å²) in [6, 6.07) is 3.51. The minimum atomic E-state index is -0.730. The first kappa shape index (κ1) is 13.6. The van der Waals surface area contributed by atoms with E-state index in [0.717, 1.165) is 0 Å². The van der Waals surface area contributed by atoms with Gasteiger partial charge in [-0.15, -0.1) is 0 Å². The van der Waals surface area contributed by atoms with E-state index < -0.39 is 17.4 Å². The number of Topliss-reactive ketones (excluding diaryl/α,β-unsaturated/α-hetero) is 2. The molecule has 5 nitrogen and oxygen atoms in total. The van der Waals surface area contributed by atoms with E-state index in [1.165, 1.54) is 16.7 Å². The molecule has 6 heteroatoms. The molecule has 1 unspecified atom stereocenters. The fourth-order valence-corrected chi connectivity index (χ4v) is 2.81. The van der Waals surface area contributed by atoms with Crippen molar-refractivity contribution in [2.75, 3.05) is 0 Å². The predicted octanol–water partition coefficient (Wildman–Crippen LogP) is 1.71. The number of hydrogen-bond acceptors (Lipinski definition) is 4. The number of ketones is 2. The molecule has 1 heterocycles. The standard InChI is InChI=1S/C15H13FN2O3/c1-8-17-11-4-2-3-10(16)14(11)15(21)18(8)12-6-5-9(19)7-13(12)20/h2-4,12H,5-7H2,1H3. The van der Waals surface area contributed by atoms with Crippen molar-refractivity contribution in [3.8, 4) is 0 Å². The van der Waals surface area contributed by atoms with Crippen LogP contribution in [0.4, 0.5) is 4.39 Å². The highest BCUT2D eigenvalue weighted by Gasteiger charge is 2.30. The van der Waals surface area contributed by atoms with Crippen molar-refractivity contribution in [1.29, 1.82) is 0 Å². The van der Waals surface area contributed by atoms with Crippen LogP contribution in [0.5, 0.6) is 0 Å². The number of nitrogens with zero attached hydrogens (tertiary/aromatic N) is 2. The van der Waals surface area contributed by atoms with Gasteiger partial charge in [-0.1, -0.05) is 6.07 Å². The van der Waals surface area contributed by atoms with Gasteiger partial charge < -0.3 is 0 Å². The van der Waals surface area contributed by atoms with E-state index >= 15 is 0 Å². The Morgan fingerprint density at radius 2 is 2.05 bits per heavy atom. The number of carbonyl (C=O) groups is 2. The average Bonchev–Trinajstić information content (AvgIpc) is 2.40. The molecule has 0 aliphatic heterocycles. The molecule has 1 aliphatic rings. The Morgan fingerprint density at radius 1 is 1.29 bits per heavy atom. The molecule has 3 rings (SSSR count). The number of hydrogen-bond donors (Lipinski definition) is 0. The summed E-state index contributed by atoms with van der Waals surface area (Å²) >= 11 is 0. The summed E-state index contributed by atoms with van der Waals surface area (Å²) in [5.74, 6) is -0.736. The van der Waals surface area contributed by atoms with Gasteiger partial charge in [0.05, 0.1) is 18.0 Å². The Labute approximate surface area is 119 Å². The Morgan fingerprint density at radius 3 is 2.76 bits per heavy atom. The molecule has 108 valence electrons. The number of fused-ring (bicyclic) bond motifs is 1. The van der Waals surface area contributed by atoms with Crippen molar-refractivity contribution in [1.82, 2.24) is 9.55 Å². The van der Waals surface area contributed by atoms with Crippen molar-refractivity contribution >= 4 is 22.5 Å². The van der Waals surface area contributed by atoms with Gasteiger partial charge in [0.25, 0.3) is 5.56 Å². The average molecular weight is 288 g/mol. The Bertz CT molecular complexity index is 826. The van der Waals surface area contributed by atoms with Gasteiger partial charge in [-0.05, 0) is 25.5 Å². The lowest BCUT2D eigenvalue weighted by Gasteiger charge is -2.23. The van der Waals surface area contributed by atoms with Crippen molar-refractivity contribution < 1.29 is 14.0 Å². The van der Waals surface area contributed by atoms with Gasteiger partial charge >= 0.3 is 0 Å². The molecule has 0 amide bonds. The second kappa shape index (κ2) is 4.87. The molecule has 0 bridgehead atoms. The summed E-state index contributed by atoms with van der Waals surface area (Å²) in [7, 11) is 0. The zero-order valence-electron chi connectivity index (χ0n) is 11.4. The number of rotatable bonds is 1. The number of halogens is 1. The molecule has 21 heavy (non-hydrogen) atoms. The van der Waals surface area contributed by atoms with Crippen LogP contribution in [0.2, 0.25) is 0 Å². The minimum Gasteiger partial charge on any atom is -0.299 e. The van der Waals surface area contributed by atoms with Gasteiger partial charge in [-0.25, -0.2) is 9.37 Å². The molecule has 1 aromatic carbocycles. The molecule has 0 radical (unpaired) electrons. The van der Waals surface area contributed by atoms with Crippen LogP contribution in [-0.2, 0) is 9.59 Å². The third-order valence-corrected chi connectivity index (χ3v) is 3.81. The van der Waals surface area contributed by atoms with Crippen LogP contribution in [0.15, 0.2) is 23.0 Å². The van der Waals surface area contributed by atoms with Gasteiger partial charge in [-0.3, -0.25) is 19.0 Å². The summed E-state index contributed by atoms with van der Waals surface area (Å²) in [5, 5.41) is -0.118. The van der Waals surface area contributed by atoms with Crippen LogP contribution in [0.1, 0.15) is 31.1 Å². The summed E-state index contributed by atoms with van der Waals surface area (Å²) in [6.45, 7) is 1.61.